The number of nitrogens with one attached hydrogen (secondary N) is 2. The minimum absolute atomic E-state index is 0.216. The van der Waals surface area contributed by atoms with E-state index >= 15 is 0 Å². The summed E-state index contributed by atoms with van der Waals surface area (Å²) in [5, 5.41) is 6.09. The fourth-order valence-corrected chi connectivity index (χ4v) is 2.45. The van der Waals surface area contributed by atoms with Crippen molar-refractivity contribution in [3.05, 3.63) is 59.1 Å². The average molecular weight is 343 g/mol. The molecule has 24 heavy (non-hydrogen) atoms. The summed E-state index contributed by atoms with van der Waals surface area (Å²) in [6.07, 6.45) is 2.56. The number of amides is 2. The Bertz CT molecular complexity index is 833. The number of hydrogen-bond acceptors (Lipinski definition) is 3. The van der Waals surface area contributed by atoms with E-state index in [1.807, 2.05) is 12.1 Å². The second kappa shape index (κ2) is 6.76. The number of fused-ring (bicyclic) bond motifs is 1. The van der Waals surface area contributed by atoms with Gasteiger partial charge in [-0.05, 0) is 48.9 Å². The zero-order valence-electron chi connectivity index (χ0n) is 12.9. The lowest BCUT2D eigenvalue weighted by Gasteiger charge is -2.23. The lowest BCUT2D eigenvalue weighted by molar-refractivity contribution is -0.122. The van der Waals surface area contributed by atoms with Gasteiger partial charge in [0.05, 0.1) is 5.69 Å². The van der Waals surface area contributed by atoms with Crippen molar-refractivity contribution in [2.24, 2.45) is 0 Å². The van der Waals surface area contributed by atoms with E-state index < -0.39 is 6.10 Å². The van der Waals surface area contributed by atoms with E-state index in [0.29, 0.717) is 22.1 Å². The Hall–Kier alpha value is -2.79. The molecular weight excluding hydrogens is 328 g/mol. The van der Waals surface area contributed by atoms with Gasteiger partial charge in [-0.25, -0.2) is 0 Å². The highest BCUT2D eigenvalue weighted by atomic mass is 35.5. The van der Waals surface area contributed by atoms with Crippen molar-refractivity contribution in [1.29, 1.82) is 0 Å². The molecule has 2 amide bonds. The SMILES string of the molecule is CC1Oc2ccc(NC(=O)/C=C/c3cccc(Cl)c3)cc2NC1=O. The second-order valence-electron chi connectivity index (χ2n) is 5.34. The molecular formula is C18H15ClN2O3. The van der Waals surface area contributed by atoms with Crippen LogP contribution in [0.3, 0.4) is 0 Å². The van der Waals surface area contributed by atoms with Crippen LogP contribution in [0.4, 0.5) is 11.4 Å². The standard InChI is InChI=1S/C18H15ClN2O3/c1-11-18(23)21-15-10-14(6-7-16(15)24-11)20-17(22)8-5-12-3-2-4-13(19)9-12/h2-11H,1H3,(H,20,22)(H,21,23)/b8-5+. The van der Waals surface area contributed by atoms with Gasteiger partial charge >= 0.3 is 0 Å². The van der Waals surface area contributed by atoms with Crippen LogP contribution >= 0.6 is 11.6 Å². The van der Waals surface area contributed by atoms with E-state index in [0.717, 1.165) is 5.56 Å². The maximum atomic E-state index is 12.0. The van der Waals surface area contributed by atoms with Gasteiger partial charge in [0.25, 0.3) is 5.91 Å². The minimum atomic E-state index is -0.529. The smallest absolute Gasteiger partial charge is 0.265 e. The van der Waals surface area contributed by atoms with Gasteiger partial charge in [-0.2, -0.15) is 0 Å². The van der Waals surface area contributed by atoms with Crippen molar-refractivity contribution >= 4 is 40.9 Å². The van der Waals surface area contributed by atoms with Crippen LogP contribution in [0, 0.1) is 0 Å². The van der Waals surface area contributed by atoms with Crippen molar-refractivity contribution in [2.45, 2.75) is 13.0 Å². The fraction of sp³-hybridized carbons (Fsp3) is 0.111. The average Bonchev–Trinajstić information content (AvgIpc) is 2.54. The van der Waals surface area contributed by atoms with Crippen LogP contribution < -0.4 is 15.4 Å². The molecule has 0 spiro atoms. The molecule has 2 aromatic carbocycles. The summed E-state index contributed by atoms with van der Waals surface area (Å²) in [4.78, 5) is 23.6. The third kappa shape index (κ3) is 3.75. The molecule has 0 aliphatic carbocycles. The van der Waals surface area contributed by atoms with E-state index in [2.05, 4.69) is 10.6 Å². The molecule has 1 atom stereocenters. The zero-order chi connectivity index (χ0) is 17.1. The van der Waals surface area contributed by atoms with Crippen LogP contribution in [-0.4, -0.2) is 17.9 Å². The molecule has 1 aliphatic rings. The number of carbonyl (C=O) groups excluding carboxylic acids is 2. The molecule has 0 radical (unpaired) electrons. The largest absolute Gasteiger partial charge is 0.479 e. The number of benzene rings is 2. The van der Waals surface area contributed by atoms with Crippen molar-refractivity contribution in [3.8, 4) is 5.75 Å². The number of ether oxygens (including phenoxy) is 1. The maximum Gasteiger partial charge on any atom is 0.265 e. The normalized spacial score (nSPS) is 16.2. The maximum absolute atomic E-state index is 12.0. The quantitative estimate of drug-likeness (QED) is 0.835. The highest BCUT2D eigenvalue weighted by molar-refractivity contribution is 6.30. The Morgan fingerprint density at radius 1 is 1.29 bits per heavy atom. The Kier molecular flexibility index (Phi) is 4.53. The Labute approximate surface area is 144 Å². The van der Waals surface area contributed by atoms with Crippen LogP contribution in [0.1, 0.15) is 12.5 Å². The van der Waals surface area contributed by atoms with E-state index in [9.17, 15) is 9.59 Å². The van der Waals surface area contributed by atoms with Crippen molar-refractivity contribution in [2.75, 3.05) is 10.6 Å². The van der Waals surface area contributed by atoms with E-state index in [1.165, 1.54) is 6.08 Å². The van der Waals surface area contributed by atoms with Crippen molar-refractivity contribution in [1.82, 2.24) is 0 Å². The number of halogens is 1. The Morgan fingerprint density at radius 2 is 2.12 bits per heavy atom. The predicted molar refractivity (Wildman–Crippen MR) is 94.3 cm³/mol. The third-order valence-corrected chi connectivity index (χ3v) is 3.69. The first kappa shape index (κ1) is 16.1. The third-order valence-electron chi connectivity index (χ3n) is 3.45. The summed E-state index contributed by atoms with van der Waals surface area (Å²) < 4.78 is 5.47. The summed E-state index contributed by atoms with van der Waals surface area (Å²) in [6, 6.07) is 12.3. The monoisotopic (exact) mass is 342 g/mol. The molecule has 0 saturated carbocycles. The van der Waals surface area contributed by atoms with E-state index in [4.69, 9.17) is 16.3 Å². The molecule has 6 heteroatoms. The molecule has 0 bridgehead atoms. The topological polar surface area (TPSA) is 67.4 Å². The van der Waals surface area contributed by atoms with Crippen LogP contribution in [0.5, 0.6) is 5.75 Å². The van der Waals surface area contributed by atoms with Gasteiger partial charge in [-0.15, -0.1) is 0 Å². The zero-order valence-corrected chi connectivity index (χ0v) is 13.6. The predicted octanol–water partition coefficient (Wildman–Crippen LogP) is 3.71. The number of rotatable bonds is 3. The van der Waals surface area contributed by atoms with Gasteiger partial charge in [0.15, 0.2) is 6.10 Å². The molecule has 2 aromatic rings. The summed E-state index contributed by atoms with van der Waals surface area (Å²) in [5.41, 5.74) is 1.93. The summed E-state index contributed by atoms with van der Waals surface area (Å²) >= 11 is 5.90. The summed E-state index contributed by atoms with van der Waals surface area (Å²) in [5.74, 6) is 0.0766. The first-order valence-corrected chi connectivity index (χ1v) is 7.75. The van der Waals surface area contributed by atoms with E-state index in [1.54, 1.807) is 43.3 Å². The Balaban J connectivity index is 1.69. The van der Waals surface area contributed by atoms with Crippen molar-refractivity contribution < 1.29 is 14.3 Å². The molecule has 1 aliphatic heterocycles. The van der Waals surface area contributed by atoms with Gasteiger partial charge in [0, 0.05) is 16.8 Å². The second-order valence-corrected chi connectivity index (χ2v) is 5.77. The molecule has 0 aromatic heterocycles. The van der Waals surface area contributed by atoms with Crippen LogP contribution in [0.25, 0.3) is 6.08 Å². The number of carbonyl (C=O) groups is 2. The van der Waals surface area contributed by atoms with Gasteiger partial charge in [-0.1, -0.05) is 23.7 Å². The number of anilines is 2. The summed E-state index contributed by atoms with van der Waals surface area (Å²) in [6.45, 7) is 1.68. The molecule has 5 nitrogen and oxygen atoms in total. The first-order chi connectivity index (χ1) is 11.5. The van der Waals surface area contributed by atoms with Crippen LogP contribution in [0.15, 0.2) is 48.5 Å². The van der Waals surface area contributed by atoms with Gasteiger partial charge in [0.2, 0.25) is 5.91 Å². The van der Waals surface area contributed by atoms with Gasteiger partial charge in [0.1, 0.15) is 5.75 Å². The summed E-state index contributed by atoms with van der Waals surface area (Å²) in [7, 11) is 0. The first-order valence-electron chi connectivity index (χ1n) is 7.37. The van der Waals surface area contributed by atoms with Crippen LogP contribution in [-0.2, 0) is 9.59 Å². The Morgan fingerprint density at radius 3 is 2.92 bits per heavy atom. The molecule has 122 valence electrons. The lowest BCUT2D eigenvalue weighted by atomic mass is 10.2. The highest BCUT2D eigenvalue weighted by Gasteiger charge is 2.23. The number of hydrogen-bond donors (Lipinski definition) is 2. The molecule has 1 heterocycles. The van der Waals surface area contributed by atoms with Crippen LogP contribution in [0.2, 0.25) is 5.02 Å². The van der Waals surface area contributed by atoms with Crippen molar-refractivity contribution in [3.63, 3.8) is 0 Å². The minimum Gasteiger partial charge on any atom is -0.479 e. The molecule has 0 fully saturated rings. The molecule has 0 saturated heterocycles. The highest BCUT2D eigenvalue weighted by Crippen LogP contribution is 2.32. The van der Waals surface area contributed by atoms with Gasteiger partial charge < -0.3 is 15.4 Å². The van der Waals surface area contributed by atoms with Gasteiger partial charge in [-0.3, -0.25) is 9.59 Å². The fourth-order valence-electron chi connectivity index (χ4n) is 2.25. The molecule has 3 rings (SSSR count). The molecule has 1 unspecified atom stereocenters. The lowest BCUT2D eigenvalue weighted by Crippen LogP contribution is -2.34. The molecule has 2 N–H and O–H groups in total. The van der Waals surface area contributed by atoms with E-state index in [-0.39, 0.29) is 11.8 Å².